The van der Waals surface area contributed by atoms with E-state index in [9.17, 15) is 4.79 Å². The fraction of sp³-hybridized carbons (Fsp3) is 0.625. The number of amides is 1. The van der Waals surface area contributed by atoms with Crippen molar-refractivity contribution in [1.29, 1.82) is 0 Å². The number of nitrogens with zero attached hydrogens (tertiary/aromatic N) is 2. The molecule has 4 nitrogen and oxygen atoms in total. The summed E-state index contributed by atoms with van der Waals surface area (Å²) >= 11 is 0. The maximum Gasteiger partial charge on any atom is 0.272 e. The largest absolute Gasteiger partial charge is 0.380 e. The highest BCUT2D eigenvalue weighted by Crippen LogP contribution is 2.32. The third-order valence-electron chi connectivity index (χ3n) is 4.18. The van der Waals surface area contributed by atoms with Crippen molar-refractivity contribution >= 4 is 11.6 Å². The second-order valence-corrected chi connectivity index (χ2v) is 5.80. The Kier molecular flexibility index (Phi) is 4.63. The zero-order valence-corrected chi connectivity index (χ0v) is 12.8. The minimum absolute atomic E-state index is 0.00947. The monoisotopic (exact) mass is 275 g/mol. The predicted molar refractivity (Wildman–Crippen MR) is 82.0 cm³/mol. The predicted octanol–water partition coefficient (Wildman–Crippen LogP) is 3.31. The quantitative estimate of drug-likeness (QED) is 0.896. The van der Waals surface area contributed by atoms with Crippen LogP contribution in [0.1, 0.15) is 56.9 Å². The number of hydrogen-bond donors (Lipinski definition) is 1. The van der Waals surface area contributed by atoms with Crippen molar-refractivity contribution < 1.29 is 4.79 Å². The van der Waals surface area contributed by atoms with E-state index in [1.807, 2.05) is 26.0 Å². The van der Waals surface area contributed by atoms with Crippen molar-refractivity contribution in [3.8, 4) is 0 Å². The molecule has 1 N–H and O–H groups in total. The number of carbonyl (C=O) groups is 1. The smallest absolute Gasteiger partial charge is 0.272 e. The SMILES string of the molecule is CCN(CC)C(=O)c1cc(NC2(C)CCCC2)ccn1. The van der Waals surface area contributed by atoms with Gasteiger partial charge < -0.3 is 10.2 Å². The van der Waals surface area contributed by atoms with Gasteiger partial charge in [0.05, 0.1) is 0 Å². The molecule has 20 heavy (non-hydrogen) atoms. The Labute approximate surface area is 121 Å². The summed E-state index contributed by atoms with van der Waals surface area (Å²) in [6, 6.07) is 3.83. The van der Waals surface area contributed by atoms with Gasteiger partial charge in [-0.15, -0.1) is 0 Å². The van der Waals surface area contributed by atoms with E-state index in [1.165, 1.54) is 25.7 Å². The second-order valence-electron chi connectivity index (χ2n) is 5.80. The Hall–Kier alpha value is -1.58. The van der Waals surface area contributed by atoms with E-state index in [1.54, 1.807) is 11.1 Å². The molecule has 1 aromatic heterocycles. The fourth-order valence-corrected chi connectivity index (χ4v) is 2.93. The molecule has 1 saturated carbocycles. The third kappa shape index (κ3) is 3.30. The van der Waals surface area contributed by atoms with E-state index in [2.05, 4.69) is 17.2 Å². The molecule has 0 radical (unpaired) electrons. The first kappa shape index (κ1) is 14.8. The van der Waals surface area contributed by atoms with Crippen LogP contribution in [-0.4, -0.2) is 34.4 Å². The molecule has 2 rings (SSSR count). The van der Waals surface area contributed by atoms with Gasteiger partial charge in [-0.05, 0) is 45.7 Å². The van der Waals surface area contributed by atoms with Crippen LogP contribution < -0.4 is 5.32 Å². The van der Waals surface area contributed by atoms with Crippen molar-refractivity contribution in [3.63, 3.8) is 0 Å². The normalized spacial score (nSPS) is 16.9. The van der Waals surface area contributed by atoms with E-state index in [0.29, 0.717) is 18.8 Å². The molecule has 110 valence electrons. The summed E-state index contributed by atoms with van der Waals surface area (Å²) < 4.78 is 0. The molecule has 0 aliphatic heterocycles. The molecule has 0 spiro atoms. The zero-order valence-electron chi connectivity index (χ0n) is 12.8. The van der Waals surface area contributed by atoms with Gasteiger partial charge in [-0.1, -0.05) is 12.8 Å². The molecular weight excluding hydrogens is 250 g/mol. The van der Waals surface area contributed by atoms with Gasteiger partial charge in [0.15, 0.2) is 0 Å². The van der Waals surface area contributed by atoms with Crippen LogP contribution in [0.4, 0.5) is 5.69 Å². The third-order valence-corrected chi connectivity index (χ3v) is 4.18. The van der Waals surface area contributed by atoms with Crippen LogP contribution in [0.2, 0.25) is 0 Å². The summed E-state index contributed by atoms with van der Waals surface area (Å²) in [5, 5.41) is 3.58. The van der Waals surface area contributed by atoms with Crippen molar-refractivity contribution in [2.75, 3.05) is 18.4 Å². The number of nitrogens with one attached hydrogen (secondary N) is 1. The molecule has 0 saturated heterocycles. The van der Waals surface area contributed by atoms with Crippen molar-refractivity contribution in [3.05, 3.63) is 24.0 Å². The molecular formula is C16H25N3O. The highest BCUT2D eigenvalue weighted by Gasteiger charge is 2.28. The Morgan fingerprint density at radius 2 is 2.00 bits per heavy atom. The van der Waals surface area contributed by atoms with Crippen LogP contribution in [0.15, 0.2) is 18.3 Å². The highest BCUT2D eigenvalue weighted by molar-refractivity contribution is 5.93. The molecule has 1 aliphatic rings. The molecule has 1 aromatic rings. The van der Waals surface area contributed by atoms with Crippen molar-refractivity contribution in [2.24, 2.45) is 0 Å². The van der Waals surface area contributed by atoms with Gasteiger partial charge in [0.25, 0.3) is 5.91 Å². The van der Waals surface area contributed by atoms with E-state index in [4.69, 9.17) is 0 Å². The van der Waals surface area contributed by atoms with Crippen LogP contribution >= 0.6 is 0 Å². The lowest BCUT2D eigenvalue weighted by Gasteiger charge is -2.27. The zero-order chi connectivity index (χ0) is 14.6. The number of rotatable bonds is 5. The van der Waals surface area contributed by atoms with E-state index >= 15 is 0 Å². The average Bonchev–Trinajstić information content (AvgIpc) is 2.86. The summed E-state index contributed by atoms with van der Waals surface area (Å²) in [6.45, 7) is 7.66. The van der Waals surface area contributed by atoms with Gasteiger partial charge >= 0.3 is 0 Å². The first-order valence-electron chi connectivity index (χ1n) is 7.61. The van der Waals surface area contributed by atoms with Crippen molar-refractivity contribution in [2.45, 2.75) is 52.0 Å². The maximum absolute atomic E-state index is 12.3. The molecule has 1 fully saturated rings. The number of anilines is 1. The Morgan fingerprint density at radius 1 is 1.35 bits per heavy atom. The highest BCUT2D eigenvalue weighted by atomic mass is 16.2. The van der Waals surface area contributed by atoms with Gasteiger partial charge in [-0.2, -0.15) is 0 Å². The lowest BCUT2D eigenvalue weighted by atomic mass is 10.0. The lowest BCUT2D eigenvalue weighted by molar-refractivity contribution is 0.0767. The molecule has 0 atom stereocenters. The molecule has 0 unspecified atom stereocenters. The summed E-state index contributed by atoms with van der Waals surface area (Å²) in [5.74, 6) is 0.00947. The molecule has 1 amide bonds. The van der Waals surface area contributed by atoms with Gasteiger partial charge in [0.2, 0.25) is 0 Å². The Morgan fingerprint density at radius 3 is 2.60 bits per heavy atom. The van der Waals surface area contributed by atoms with Gasteiger partial charge in [-0.25, -0.2) is 0 Å². The van der Waals surface area contributed by atoms with Crippen LogP contribution in [0.25, 0.3) is 0 Å². The Bertz CT molecular complexity index is 463. The lowest BCUT2D eigenvalue weighted by Crippen LogP contribution is -2.32. The first-order valence-corrected chi connectivity index (χ1v) is 7.61. The second kappa shape index (κ2) is 6.25. The van der Waals surface area contributed by atoms with Crippen LogP contribution in [0.5, 0.6) is 0 Å². The molecule has 0 bridgehead atoms. The van der Waals surface area contributed by atoms with E-state index < -0.39 is 0 Å². The van der Waals surface area contributed by atoms with Crippen molar-refractivity contribution in [1.82, 2.24) is 9.88 Å². The topological polar surface area (TPSA) is 45.2 Å². The molecule has 1 heterocycles. The molecule has 1 aliphatic carbocycles. The minimum Gasteiger partial charge on any atom is -0.380 e. The summed E-state index contributed by atoms with van der Waals surface area (Å²) in [7, 11) is 0. The van der Waals surface area contributed by atoms with E-state index in [0.717, 1.165) is 5.69 Å². The number of aromatic nitrogens is 1. The van der Waals surface area contributed by atoms with Crippen LogP contribution in [0.3, 0.4) is 0 Å². The minimum atomic E-state index is 0.00947. The maximum atomic E-state index is 12.3. The van der Waals surface area contributed by atoms with E-state index in [-0.39, 0.29) is 11.4 Å². The Balaban J connectivity index is 2.13. The number of hydrogen-bond acceptors (Lipinski definition) is 3. The van der Waals surface area contributed by atoms with Gasteiger partial charge in [-0.3, -0.25) is 9.78 Å². The first-order chi connectivity index (χ1) is 9.58. The summed E-state index contributed by atoms with van der Waals surface area (Å²) in [5.41, 5.74) is 1.69. The molecule has 4 heteroatoms. The summed E-state index contributed by atoms with van der Waals surface area (Å²) in [6.07, 6.45) is 6.65. The number of carbonyl (C=O) groups excluding carboxylic acids is 1. The standard InChI is InChI=1S/C16H25N3O/c1-4-19(5-2)15(20)14-12-13(8-11-17-14)18-16(3)9-6-7-10-16/h8,11-12H,4-7,9-10H2,1-3H3,(H,17,18). The van der Waals surface area contributed by atoms with Gasteiger partial charge in [0, 0.05) is 30.5 Å². The van der Waals surface area contributed by atoms with Gasteiger partial charge in [0.1, 0.15) is 5.69 Å². The molecule has 0 aromatic carbocycles. The average molecular weight is 275 g/mol. The van der Waals surface area contributed by atoms with Crippen LogP contribution in [0, 0.1) is 0 Å². The van der Waals surface area contributed by atoms with Crippen LogP contribution in [-0.2, 0) is 0 Å². The number of pyridine rings is 1. The summed E-state index contributed by atoms with van der Waals surface area (Å²) in [4.78, 5) is 18.3. The fourth-order valence-electron chi connectivity index (χ4n) is 2.93.